The van der Waals surface area contributed by atoms with Gasteiger partial charge in [0.1, 0.15) is 0 Å². The highest BCUT2D eigenvalue weighted by atomic mass is 16.2. The molecule has 0 radical (unpaired) electrons. The summed E-state index contributed by atoms with van der Waals surface area (Å²) in [6, 6.07) is -0.309. The molecular weight excluding hydrogens is 194 g/mol. The van der Waals surface area contributed by atoms with Gasteiger partial charge in [-0.1, -0.05) is 6.92 Å². The number of likely N-dealkylation sites (tertiary alicyclic amines) is 1. The number of amides is 2. The number of nitrogens with zero attached hydrogens (tertiary/aromatic N) is 1. The van der Waals surface area contributed by atoms with E-state index < -0.39 is 6.04 Å². The molecule has 0 aliphatic carbocycles. The van der Waals surface area contributed by atoms with Crippen LogP contribution in [-0.4, -0.2) is 41.9 Å². The summed E-state index contributed by atoms with van der Waals surface area (Å²) >= 11 is 0. The van der Waals surface area contributed by atoms with Gasteiger partial charge >= 0.3 is 0 Å². The summed E-state index contributed by atoms with van der Waals surface area (Å²) in [6.07, 6.45) is 1.47. The van der Waals surface area contributed by atoms with E-state index in [0.717, 1.165) is 6.42 Å². The zero-order valence-electron chi connectivity index (χ0n) is 9.32. The van der Waals surface area contributed by atoms with Crippen molar-refractivity contribution in [1.82, 2.24) is 10.2 Å². The van der Waals surface area contributed by atoms with Crippen molar-refractivity contribution < 1.29 is 9.59 Å². The fraction of sp³-hybridized carbons (Fsp3) is 0.800. The summed E-state index contributed by atoms with van der Waals surface area (Å²) in [5, 5.41) is 2.81. The van der Waals surface area contributed by atoms with Crippen LogP contribution in [0.1, 0.15) is 26.7 Å². The molecule has 1 aliphatic heterocycles. The molecule has 1 saturated heterocycles. The van der Waals surface area contributed by atoms with E-state index in [2.05, 4.69) is 5.32 Å². The third-order valence-electron chi connectivity index (χ3n) is 2.66. The van der Waals surface area contributed by atoms with Crippen LogP contribution in [0.15, 0.2) is 0 Å². The molecule has 1 heterocycles. The van der Waals surface area contributed by atoms with Crippen LogP contribution in [0.2, 0.25) is 0 Å². The Hall–Kier alpha value is -1.10. The summed E-state index contributed by atoms with van der Waals surface area (Å²) in [7, 11) is 0. The molecule has 0 saturated carbocycles. The zero-order chi connectivity index (χ0) is 11.4. The number of nitrogens with one attached hydrogen (secondary N) is 1. The van der Waals surface area contributed by atoms with Crippen LogP contribution in [0, 0.1) is 0 Å². The average Bonchev–Trinajstić information content (AvgIpc) is 2.63. The minimum atomic E-state index is -0.402. The molecule has 5 nitrogen and oxygen atoms in total. The molecule has 0 spiro atoms. The van der Waals surface area contributed by atoms with Crippen molar-refractivity contribution >= 4 is 11.8 Å². The highest BCUT2D eigenvalue weighted by Crippen LogP contribution is 2.10. The van der Waals surface area contributed by atoms with E-state index in [4.69, 9.17) is 5.73 Å². The second kappa shape index (κ2) is 5.11. The Balaban J connectivity index is 2.42. The Morgan fingerprint density at radius 2 is 2.27 bits per heavy atom. The Morgan fingerprint density at radius 3 is 2.80 bits per heavy atom. The largest absolute Gasteiger partial charge is 0.352 e. The van der Waals surface area contributed by atoms with Gasteiger partial charge in [0.05, 0.1) is 6.04 Å². The van der Waals surface area contributed by atoms with Crippen LogP contribution >= 0.6 is 0 Å². The topological polar surface area (TPSA) is 75.4 Å². The first-order chi connectivity index (χ1) is 7.04. The van der Waals surface area contributed by atoms with Crippen molar-refractivity contribution in [3.05, 3.63) is 0 Å². The maximum Gasteiger partial charge on any atom is 0.239 e. The van der Waals surface area contributed by atoms with E-state index in [0.29, 0.717) is 19.5 Å². The smallest absolute Gasteiger partial charge is 0.239 e. The van der Waals surface area contributed by atoms with Crippen LogP contribution < -0.4 is 11.1 Å². The first-order valence-corrected chi connectivity index (χ1v) is 5.36. The number of hydrogen-bond acceptors (Lipinski definition) is 3. The van der Waals surface area contributed by atoms with E-state index in [-0.39, 0.29) is 17.9 Å². The summed E-state index contributed by atoms with van der Waals surface area (Å²) < 4.78 is 0. The lowest BCUT2D eigenvalue weighted by Gasteiger charge is -2.20. The summed E-state index contributed by atoms with van der Waals surface area (Å²) in [4.78, 5) is 24.3. The van der Waals surface area contributed by atoms with E-state index in [9.17, 15) is 9.59 Å². The Bertz CT molecular complexity index is 255. The maximum atomic E-state index is 11.7. The second-order valence-corrected chi connectivity index (χ2v) is 3.99. The molecule has 1 aliphatic rings. The Labute approximate surface area is 90.0 Å². The molecule has 15 heavy (non-hydrogen) atoms. The fourth-order valence-corrected chi connectivity index (χ4v) is 1.77. The lowest BCUT2D eigenvalue weighted by molar-refractivity contribution is -0.131. The van der Waals surface area contributed by atoms with Crippen molar-refractivity contribution in [3.8, 4) is 0 Å². The van der Waals surface area contributed by atoms with Crippen LogP contribution in [-0.2, 0) is 9.59 Å². The van der Waals surface area contributed by atoms with E-state index in [1.54, 1.807) is 4.90 Å². The first-order valence-electron chi connectivity index (χ1n) is 5.36. The van der Waals surface area contributed by atoms with Gasteiger partial charge in [-0.2, -0.15) is 0 Å². The molecule has 3 N–H and O–H groups in total. The lowest BCUT2D eigenvalue weighted by atomic mass is 10.2. The highest BCUT2D eigenvalue weighted by molar-refractivity contribution is 5.82. The molecule has 0 aromatic rings. The molecule has 5 heteroatoms. The average molecular weight is 213 g/mol. The summed E-state index contributed by atoms with van der Waals surface area (Å²) in [6.45, 7) is 4.66. The Kier molecular flexibility index (Phi) is 4.08. The normalized spacial score (nSPS) is 22.6. The van der Waals surface area contributed by atoms with E-state index in [1.165, 1.54) is 6.92 Å². The van der Waals surface area contributed by atoms with Gasteiger partial charge in [0.15, 0.2) is 0 Å². The zero-order valence-corrected chi connectivity index (χ0v) is 9.32. The standard InChI is InChI=1S/C10H19N3O2/c1-3-9(11)10(15)13-5-4-8(6-13)12-7(2)14/h8-9H,3-6,11H2,1-2H3,(H,12,14). The van der Waals surface area contributed by atoms with Gasteiger partial charge in [0, 0.05) is 26.1 Å². The van der Waals surface area contributed by atoms with Crippen molar-refractivity contribution in [2.45, 2.75) is 38.8 Å². The third-order valence-corrected chi connectivity index (χ3v) is 2.66. The third kappa shape index (κ3) is 3.20. The molecule has 0 bridgehead atoms. The van der Waals surface area contributed by atoms with Gasteiger partial charge < -0.3 is 16.0 Å². The molecule has 2 unspecified atom stereocenters. The number of rotatable bonds is 3. The molecular formula is C10H19N3O2. The fourth-order valence-electron chi connectivity index (χ4n) is 1.77. The minimum absolute atomic E-state index is 0.00893. The van der Waals surface area contributed by atoms with Gasteiger partial charge in [-0.15, -0.1) is 0 Å². The van der Waals surface area contributed by atoms with Crippen LogP contribution in [0.5, 0.6) is 0 Å². The van der Waals surface area contributed by atoms with Crippen molar-refractivity contribution in [1.29, 1.82) is 0 Å². The number of carbonyl (C=O) groups is 2. The van der Waals surface area contributed by atoms with Crippen LogP contribution in [0.4, 0.5) is 0 Å². The first kappa shape index (κ1) is 12.0. The Morgan fingerprint density at radius 1 is 1.60 bits per heavy atom. The van der Waals surface area contributed by atoms with Crippen molar-refractivity contribution in [3.63, 3.8) is 0 Å². The highest BCUT2D eigenvalue weighted by Gasteiger charge is 2.28. The van der Waals surface area contributed by atoms with Gasteiger partial charge in [0.2, 0.25) is 11.8 Å². The summed E-state index contributed by atoms with van der Waals surface area (Å²) in [5.74, 6) is -0.0561. The predicted molar refractivity (Wildman–Crippen MR) is 57.1 cm³/mol. The van der Waals surface area contributed by atoms with E-state index in [1.807, 2.05) is 6.92 Å². The molecule has 0 aromatic heterocycles. The summed E-state index contributed by atoms with van der Waals surface area (Å²) in [5.41, 5.74) is 5.66. The minimum Gasteiger partial charge on any atom is -0.352 e. The van der Waals surface area contributed by atoms with E-state index >= 15 is 0 Å². The SMILES string of the molecule is CCC(N)C(=O)N1CCC(NC(C)=O)C1. The predicted octanol–water partition coefficient (Wildman–Crippen LogP) is -0.539. The van der Waals surface area contributed by atoms with Crippen LogP contribution in [0.25, 0.3) is 0 Å². The molecule has 0 aromatic carbocycles. The molecule has 2 atom stereocenters. The van der Waals surface area contributed by atoms with Gasteiger partial charge in [-0.25, -0.2) is 0 Å². The van der Waals surface area contributed by atoms with Gasteiger partial charge in [0.25, 0.3) is 0 Å². The number of hydrogen-bond donors (Lipinski definition) is 2. The molecule has 1 rings (SSSR count). The molecule has 86 valence electrons. The van der Waals surface area contributed by atoms with Gasteiger partial charge in [-0.3, -0.25) is 9.59 Å². The van der Waals surface area contributed by atoms with Crippen molar-refractivity contribution in [2.75, 3.05) is 13.1 Å². The number of nitrogens with two attached hydrogens (primary N) is 1. The van der Waals surface area contributed by atoms with Gasteiger partial charge in [-0.05, 0) is 12.8 Å². The molecule has 1 fully saturated rings. The monoisotopic (exact) mass is 213 g/mol. The van der Waals surface area contributed by atoms with Crippen LogP contribution in [0.3, 0.4) is 0 Å². The maximum absolute atomic E-state index is 11.7. The number of carbonyl (C=O) groups excluding carboxylic acids is 2. The van der Waals surface area contributed by atoms with Crippen molar-refractivity contribution in [2.24, 2.45) is 5.73 Å². The lowest BCUT2D eigenvalue weighted by Crippen LogP contribution is -2.44. The quantitative estimate of drug-likeness (QED) is 0.661. The second-order valence-electron chi connectivity index (χ2n) is 3.99. The molecule has 2 amide bonds.